The molecular formula is C24H26OSi. The van der Waals surface area contributed by atoms with Gasteiger partial charge in [0.05, 0.1) is 14.7 Å². The van der Waals surface area contributed by atoms with Crippen molar-refractivity contribution in [2.24, 2.45) is 0 Å². The van der Waals surface area contributed by atoms with E-state index in [1.54, 1.807) is 0 Å². The second kappa shape index (κ2) is 6.22. The number of hydrogen-bond acceptors (Lipinski definition) is 1. The van der Waals surface area contributed by atoms with Gasteiger partial charge in [0.1, 0.15) is 5.22 Å². The first-order chi connectivity index (χ1) is 12.4. The molecule has 0 aromatic heterocycles. The number of ether oxygens (including phenoxy) is 1. The standard InChI is InChI=1S/C24H26OSi/c1-18-13-15-19(16-14-18)17-25-24(26(2,3)4)22-11-7-5-9-20(22)21-10-6-8-12-23(21)24/h5-16H,17H2,1-4H3. The Bertz CT molecular complexity index is 889. The molecule has 0 aliphatic heterocycles. The fourth-order valence-electron chi connectivity index (χ4n) is 4.25. The molecule has 0 bridgehead atoms. The van der Waals surface area contributed by atoms with Crippen molar-refractivity contribution in [1.82, 2.24) is 0 Å². The van der Waals surface area contributed by atoms with Crippen LogP contribution in [0.25, 0.3) is 11.1 Å². The Morgan fingerprint density at radius 3 is 1.73 bits per heavy atom. The van der Waals surface area contributed by atoms with Gasteiger partial charge in [0.2, 0.25) is 0 Å². The number of fused-ring (bicyclic) bond motifs is 3. The van der Waals surface area contributed by atoms with Crippen LogP contribution in [0.1, 0.15) is 22.3 Å². The third-order valence-electron chi connectivity index (χ3n) is 5.54. The summed E-state index contributed by atoms with van der Waals surface area (Å²) < 4.78 is 6.90. The molecule has 3 aromatic carbocycles. The average Bonchev–Trinajstić information content (AvgIpc) is 2.93. The first kappa shape index (κ1) is 17.3. The Balaban J connectivity index is 1.86. The Kier molecular flexibility index (Phi) is 4.13. The Labute approximate surface area is 157 Å². The van der Waals surface area contributed by atoms with Gasteiger partial charge < -0.3 is 4.74 Å². The first-order valence-corrected chi connectivity index (χ1v) is 12.8. The summed E-state index contributed by atoms with van der Waals surface area (Å²) in [5.41, 5.74) is 7.85. The predicted octanol–water partition coefficient (Wildman–Crippen LogP) is 6.31. The normalized spacial score (nSPS) is 14.8. The Hall–Kier alpha value is -2.16. The van der Waals surface area contributed by atoms with Gasteiger partial charge in [-0.3, -0.25) is 0 Å². The molecule has 0 saturated heterocycles. The van der Waals surface area contributed by atoms with E-state index in [1.807, 2.05) is 0 Å². The SMILES string of the molecule is Cc1ccc(COC2([Si](C)(C)C)c3ccccc3-c3ccccc32)cc1. The van der Waals surface area contributed by atoms with Gasteiger partial charge >= 0.3 is 0 Å². The van der Waals surface area contributed by atoms with Gasteiger partial charge in [-0.25, -0.2) is 0 Å². The van der Waals surface area contributed by atoms with E-state index in [2.05, 4.69) is 99.4 Å². The van der Waals surface area contributed by atoms with Crippen molar-refractivity contribution in [3.63, 3.8) is 0 Å². The second-order valence-corrected chi connectivity index (χ2v) is 13.5. The van der Waals surface area contributed by atoms with Gasteiger partial charge in [-0.2, -0.15) is 0 Å². The van der Waals surface area contributed by atoms with E-state index in [4.69, 9.17) is 4.74 Å². The van der Waals surface area contributed by atoms with E-state index < -0.39 is 8.07 Å². The lowest BCUT2D eigenvalue weighted by molar-refractivity contribution is 0.0266. The number of rotatable bonds is 4. The van der Waals surface area contributed by atoms with Crippen LogP contribution in [0.4, 0.5) is 0 Å². The zero-order valence-corrected chi connectivity index (χ0v) is 17.0. The maximum atomic E-state index is 6.90. The molecular weight excluding hydrogens is 332 g/mol. The summed E-state index contributed by atoms with van der Waals surface area (Å²) >= 11 is 0. The monoisotopic (exact) mass is 358 g/mol. The van der Waals surface area contributed by atoms with Gasteiger partial charge in [0.25, 0.3) is 0 Å². The molecule has 0 heterocycles. The van der Waals surface area contributed by atoms with E-state index in [0.29, 0.717) is 6.61 Å². The van der Waals surface area contributed by atoms with Crippen LogP contribution in [-0.4, -0.2) is 8.07 Å². The summed E-state index contributed by atoms with van der Waals surface area (Å²) in [5.74, 6) is 0. The number of aryl methyl sites for hydroxylation is 1. The molecule has 1 aliphatic carbocycles. The van der Waals surface area contributed by atoms with Crippen LogP contribution in [0.5, 0.6) is 0 Å². The largest absolute Gasteiger partial charge is 0.365 e. The molecule has 0 radical (unpaired) electrons. The summed E-state index contributed by atoms with van der Waals surface area (Å²) in [7, 11) is -1.76. The molecule has 0 atom stereocenters. The minimum absolute atomic E-state index is 0.314. The molecule has 0 unspecified atom stereocenters. The van der Waals surface area contributed by atoms with Crippen molar-refractivity contribution in [3.8, 4) is 11.1 Å². The first-order valence-electron chi connectivity index (χ1n) is 9.32. The second-order valence-electron chi connectivity index (χ2n) is 8.30. The summed E-state index contributed by atoms with van der Waals surface area (Å²) in [6.45, 7) is 10.0. The van der Waals surface area contributed by atoms with Crippen molar-refractivity contribution < 1.29 is 4.74 Å². The van der Waals surface area contributed by atoms with Gasteiger partial charge in [0, 0.05) is 0 Å². The van der Waals surface area contributed by atoms with Crippen molar-refractivity contribution in [2.45, 2.75) is 38.4 Å². The zero-order chi connectivity index (χ0) is 18.4. The van der Waals surface area contributed by atoms with Crippen LogP contribution >= 0.6 is 0 Å². The highest BCUT2D eigenvalue weighted by Crippen LogP contribution is 2.54. The highest BCUT2D eigenvalue weighted by atomic mass is 28.3. The molecule has 26 heavy (non-hydrogen) atoms. The minimum Gasteiger partial charge on any atom is -0.365 e. The third kappa shape index (κ3) is 2.56. The summed E-state index contributed by atoms with van der Waals surface area (Å²) in [4.78, 5) is 0. The lowest BCUT2D eigenvalue weighted by Crippen LogP contribution is -2.51. The number of hydrogen-bond donors (Lipinski definition) is 0. The predicted molar refractivity (Wildman–Crippen MR) is 112 cm³/mol. The van der Waals surface area contributed by atoms with Crippen molar-refractivity contribution in [1.29, 1.82) is 0 Å². The maximum absolute atomic E-state index is 6.90. The fourth-order valence-corrected chi connectivity index (χ4v) is 6.81. The van der Waals surface area contributed by atoms with Crippen LogP contribution in [-0.2, 0) is 16.6 Å². The molecule has 1 nitrogen and oxygen atoms in total. The number of benzene rings is 3. The molecule has 0 fully saturated rings. The van der Waals surface area contributed by atoms with Crippen LogP contribution in [0.3, 0.4) is 0 Å². The highest BCUT2D eigenvalue weighted by Gasteiger charge is 2.53. The maximum Gasteiger partial charge on any atom is 0.107 e. The summed E-state index contributed by atoms with van der Waals surface area (Å²) in [5, 5.41) is -0.314. The van der Waals surface area contributed by atoms with Crippen molar-refractivity contribution >= 4 is 8.07 Å². The van der Waals surface area contributed by atoms with E-state index in [1.165, 1.54) is 33.4 Å². The van der Waals surface area contributed by atoms with E-state index >= 15 is 0 Å². The summed E-state index contributed by atoms with van der Waals surface area (Å²) in [6, 6.07) is 26.3. The third-order valence-corrected chi connectivity index (χ3v) is 8.33. The van der Waals surface area contributed by atoms with Gasteiger partial charge in [0.15, 0.2) is 0 Å². The molecule has 3 aromatic rings. The van der Waals surface area contributed by atoms with Gasteiger partial charge in [-0.05, 0) is 34.7 Å². The van der Waals surface area contributed by atoms with Crippen molar-refractivity contribution in [2.75, 3.05) is 0 Å². The molecule has 132 valence electrons. The molecule has 0 saturated carbocycles. The quantitative estimate of drug-likeness (QED) is 0.496. The Morgan fingerprint density at radius 2 is 1.23 bits per heavy atom. The fraction of sp³-hybridized carbons (Fsp3) is 0.250. The van der Waals surface area contributed by atoms with Crippen LogP contribution in [0.15, 0.2) is 72.8 Å². The van der Waals surface area contributed by atoms with E-state index in [9.17, 15) is 0 Å². The average molecular weight is 359 g/mol. The molecule has 2 heteroatoms. The van der Waals surface area contributed by atoms with Gasteiger partial charge in [-0.1, -0.05) is 98.0 Å². The lowest BCUT2D eigenvalue weighted by Gasteiger charge is -2.42. The van der Waals surface area contributed by atoms with Crippen LogP contribution in [0.2, 0.25) is 19.6 Å². The summed E-state index contributed by atoms with van der Waals surface area (Å²) in [6.07, 6.45) is 0. The minimum atomic E-state index is -1.76. The lowest BCUT2D eigenvalue weighted by atomic mass is 10.1. The molecule has 0 N–H and O–H groups in total. The topological polar surface area (TPSA) is 9.23 Å². The zero-order valence-electron chi connectivity index (χ0n) is 16.0. The van der Waals surface area contributed by atoms with Crippen LogP contribution in [0, 0.1) is 6.92 Å². The molecule has 0 amide bonds. The van der Waals surface area contributed by atoms with E-state index in [-0.39, 0.29) is 5.22 Å². The molecule has 0 spiro atoms. The van der Waals surface area contributed by atoms with E-state index in [0.717, 1.165) is 0 Å². The van der Waals surface area contributed by atoms with Gasteiger partial charge in [-0.15, -0.1) is 0 Å². The van der Waals surface area contributed by atoms with Crippen molar-refractivity contribution in [3.05, 3.63) is 95.1 Å². The molecule has 4 rings (SSSR count). The Morgan fingerprint density at radius 1 is 0.731 bits per heavy atom. The van der Waals surface area contributed by atoms with Crippen LogP contribution < -0.4 is 0 Å². The molecule has 1 aliphatic rings. The highest BCUT2D eigenvalue weighted by molar-refractivity contribution is 6.79. The smallest absolute Gasteiger partial charge is 0.107 e.